The Bertz CT molecular complexity index is 935. The average molecular weight is 274 g/mol. The number of imidazole rings is 1. The van der Waals surface area contributed by atoms with Crippen LogP contribution in [-0.2, 0) is 0 Å². The Balaban J connectivity index is 1.96. The van der Waals surface area contributed by atoms with Crippen molar-refractivity contribution in [2.45, 2.75) is 0 Å². The second kappa shape index (κ2) is 4.63. The third kappa shape index (κ3) is 1.94. The molecule has 0 amide bonds. The first-order chi connectivity index (χ1) is 10.3. The van der Waals surface area contributed by atoms with Crippen LogP contribution in [0.5, 0.6) is 5.75 Å². The number of fused-ring (bicyclic) bond motifs is 2. The van der Waals surface area contributed by atoms with E-state index in [1.807, 2.05) is 18.2 Å². The van der Waals surface area contributed by atoms with Crippen LogP contribution in [0.15, 0.2) is 60.7 Å². The van der Waals surface area contributed by atoms with Crippen molar-refractivity contribution in [1.82, 2.24) is 9.97 Å². The van der Waals surface area contributed by atoms with Gasteiger partial charge in [0.2, 0.25) is 0 Å². The summed E-state index contributed by atoms with van der Waals surface area (Å²) < 4.78 is 5.25. The molecule has 3 nitrogen and oxygen atoms in total. The van der Waals surface area contributed by atoms with E-state index in [0.717, 1.165) is 28.2 Å². The highest BCUT2D eigenvalue weighted by atomic mass is 16.5. The number of nitrogens with one attached hydrogen (secondary N) is 1. The number of ether oxygens (including phenoxy) is 1. The van der Waals surface area contributed by atoms with Crippen LogP contribution < -0.4 is 4.74 Å². The summed E-state index contributed by atoms with van der Waals surface area (Å²) in [6, 6.07) is 20.5. The lowest BCUT2D eigenvalue weighted by atomic mass is 10.0. The van der Waals surface area contributed by atoms with Crippen molar-refractivity contribution in [1.29, 1.82) is 0 Å². The lowest BCUT2D eigenvalue weighted by molar-refractivity contribution is 0.415. The maximum Gasteiger partial charge on any atom is 0.139 e. The molecular weight excluding hydrogens is 260 g/mol. The SMILES string of the molecule is COc1ccc2[nH]c(-c3cccc4ccccc34)nc2c1. The van der Waals surface area contributed by atoms with Crippen LogP contribution in [0.4, 0.5) is 0 Å². The minimum absolute atomic E-state index is 0.818. The monoisotopic (exact) mass is 274 g/mol. The molecule has 4 rings (SSSR count). The standard InChI is InChI=1S/C18H14N2O/c1-21-13-9-10-16-17(11-13)20-18(19-16)15-8-4-6-12-5-2-3-7-14(12)15/h2-11H,1H3,(H,19,20). The molecule has 4 aromatic rings. The Morgan fingerprint density at radius 1 is 0.952 bits per heavy atom. The Hall–Kier alpha value is -2.81. The first-order valence-electron chi connectivity index (χ1n) is 6.87. The van der Waals surface area contributed by atoms with Crippen molar-refractivity contribution >= 4 is 21.8 Å². The number of aromatic nitrogens is 2. The van der Waals surface area contributed by atoms with E-state index in [1.165, 1.54) is 10.8 Å². The van der Waals surface area contributed by atoms with Crippen molar-refractivity contribution in [3.8, 4) is 17.1 Å². The van der Waals surface area contributed by atoms with Crippen LogP contribution in [0.1, 0.15) is 0 Å². The zero-order chi connectivity index (χ0) is 14.2. The number of benzene rings is 3. The quantitative estimate of drug-likeness (QED) is 0.588. The molecule has 0 aliphatic carbocycles. The molecule has 0 bridgehead atoms. The van der Waals surface area contributed by atoms with Gasteiger partial charge in [0.25, 0.3) is 0 Å². The second-order valence-electron chi connectivity index (χ2n) is 5.00. The van der Waals surface area contributed by atoms with Gasteiger partial charge in [0.1, 0.15) is 11.6 Å². The van der Waals surface area contributed by atoms with Crippen molar-refractivity contribution in [3.05, 3.63) is 60.7 Å². The number of aromatic amines is 1. The second-order valence-corrected chi connectivity index (χ2v) is 5.00. The molecule has 21 heavy (non-hydrogen) atoms. The van der Waals surface area contributed by atoms with Gasteiger partial charge in [-0.3, -0.25) is 0 Å². The van der Waals surface area contributed by atoms with Crippen molar-refractivity contribution < 1.29 is 4.74 Å². The zero-order valence-electron chi connectivity index (χ0n) is 11.6. The molecule has 1 aromatic heterocycles. The number of hydrogen-bond donors (Lipinski definition) is 1. The summed E-state index contributed by atoms with van der Waals surface area (Å²) in [7, 11) is 1.67. The van der Waals surface area contributed by atoms with E-state index < -0.39 is 0 Å². The Kier molecular flexibility index (Phi) is 2.64. The topological polar surface area (TPSA) is 37.9 Å². The Labute approximate surface area is 122 Å². The van der Waals surface area contributed by atoms with Gasteiger partial charge in [0.05, 0.1) is 18.1 Å². The molecule has 0 fully saturated rings. The smallest absolute Gasteiger partial charge is 0.139 e. The first kappa shape index (κ1) is 12.0. The first-order valence-corrected chi connectivity index (χ1v) is 6.87. The fraction of sp³-hybridized carbons (Fsp3) is 0.0556. The third-order valence-electron chi connectivity index (χ3n) is 3.73. The van der Waals surface area contributed by atoms with Gasteiger partial charge in [0.15, 0.2) is 0 Å². The van der Waals surface area contributed by atoms with Gasteiger partial charge in [-0.25, -0.2) is 4.98 Å². The van der Waals surface area contributed by atoms with E-state index in [1.54, 1.807) is 7.11 Å². The molecule has 1 heterocycles. The third-order valence-corrected chi connectivity index (χ3v) is 3.73. The lowest BCUT2D eigenvalue weighted by Crippen LogP contribution is -1.83. The number of nitrogens with zero attached hydrogens (tertiary/aromatic N) is 1. The molecule has 102 valence electrons. The molecule has 0 unspecified atom stereocenters. The number of H-pyrrole nitrogens is 1. The molecule has 0 aliphatic heterocycles. The summed E-state index contributed by atoms with van der Waals surface area (Å²) >= 11 is 0. The Morgan fingerprint density at radius 2 is 1.81 bits per heavy atom. The van der Waals surface area contributed by atoms with E-state index in [-0.39, 0.29) is 0 Å². The van der Waals surface area contributed by atoms with Gasteiger partial charge in [-0.05, 0) is 22.9 Å². The van der Waals surface area contributed by atoms with Crippen molar-refractivity contribution in [3.63, 3.8) is 0 Å². The van der Waals surface area contributed by atoms with E-state index >= 15 is 0 Å². The molecule has 0 radical (unpaired) electrons. The molecule has 0 saturated carbocycles. The maximum absolute atomic E-state index is 5.25. The molecule has 0 spiro atoms. The van der Waals surface area contributed by atoms with Gasteiger partial charge >= 0.3 is 0 Å². The normalized spacial score (nSPS) is 11.1. The summed E-state index contributed by atoms with van der Waals surface area (Å²) in [5, 5.41) is 2.42. The highest BCUT2D eigenvalue weighted by Gasteiger charge is 2.09. The van der Waals surface area contributed by atoms with Gasteiger partial charge < -0.3 is 9.72 Å². The van der Waals surface area contributed by atoms with Gasteiger partial charge in [-0.2, -0.15) is 0 Å². The van der Waals surface area contributed by atoms with E-state index in [9.17, 15) is 0 Å². The lowest BCUT2D eigenvalue weighted by Gasteiger charge is -2.03. The molecule has 0 atom stereocenters. The molecule has 0 saturated heterocycles. The van der Waals surface area contributed by atoms with E-state index in [4.69, 9.17) is 9.72 Å². The number of hydrogen-bond acceptors (Lipinski definition) is 2. The summed E-state index contributed by atoms with van der Waals surface area (Å²) in [5.74, 6) is 1.70. The maximum atomic E-state index is 5.25. The van der Waals surface area contributed by atoms with Gasteiger partial charge in [-0.15, -0.1) is 0 Å². The van der Waals surface area contributed by atoms with Crippen LogP contribution in [0.25, 0.3) is 33.2 Å². The van der Waals surface area contributed by atoms with Crippen LogP contribution >= 0.6 is 0 Å². The van der Waals surface area contributed by atoms with Gasteiger partial charge in [0, 0.05) is 11.6 Å². The van der Waals surface area contributed by atoms with Crippen LogP contribution in [0.3, 0.4) is 0 Å². The fourth-order valence-corrected chi connectivity index (χ4v) is 2.67. The predicted molar refractivity (Wildman–Crippen MR) is 85.6 cm³/mol. The van der Waals surface area contributed by atoms with Crippen LogP contribution in [0.2, 0.25) is 0 Å². The summed E-state index contributed by atoms with van der Waals surface area (Å²) in [5.41, 5.74) is 3.04. The van der Waals surface area contributed by atoms with Gasteiger partial charge in [-0.1, -0.05) is 42.5 Å². The Morgan fingerprint density at radius 3 is 2.71 bits per heavy atom. The average Bonchev–Trinajstić information content (AvgIpc) is 2.97. The van der Waals surface area contributed by atoms with Crippen molar-refractivity contribution in [2.24, 2.45) is 0 Å². The van der Waals surface area contributed by atoms with Crippen LogP contribution in [-0.4, -0.2) is 17.1 Å². The number of rotatable bonds is 2. The predicted octanol–water partition coefficient (Wildman–Crippen LogP) is 4.39. The fourth-order valence-electron chi connectivity index (χ4n) is 2.67. The summed E-state index contributed by atoms with van der Waals surface area (Å²) in [4.78, 5) is 8.09. The van der Waals surface area contributed by atoms with E-state index in [2.05, 4.69) is 47.4 Å². The number of methoxy groups -OCH3 is 1. The molecule has 1 N–H and O–H groups in total. The highest BCUT2D eigenvalue weighted by molar-refractivity contribution is 5.96. The molecule has 0 aliphatic rings. The zero-order valence-corrected chi connectivity index (χ0v) is 11.6. The minimum Gasteiger partial charge on any atom is -0.497 e. The minimum atomic E-state index is 0.818. The van der Waals surface area contributed by atoms with Crippen molar-refractivity contribution in [2.75, 3.05) is 7.11 Å². The molecule has 3 aromatic carbocycles. The van der Waals surface area contributed by atoms with E-state index in [0.29, 0.717) is 0 Å². The molecular formula is C18H14N2O. The highest BCUT2D eigenvalue weighted by Crippen LogP contribution is 2.29. The summed E-state index contributed by atoms with van der Waals surface area (Å²) in [6.45, 7) is 0. The molecule has 3 heteroatoms. The largest absolute Gasteiger partial charge is 0.497 e. The van der Waals surface area contributed by atoms with Crippen LogP contribution in [0, 0.1) is 0 Å². The summed E-state index contributed by atoms with van der Waals surface area (Å²) in [6.07, 6.45) is 0.